The zero-order valence-electron chi connectivity index (χ0n) is 11.9. The van der Waals surface area contributed by atoms with Crippen LogP contribution in [0.2, 0.25) is 0 Å². The quantitative estimate of drug-likeness (QED) is 0.931. The van der Waals surface area contributed by atoms with Crippen LogP contribution in [0, 0.1) is 6.92 Å². The van der Waals surface area contributed by atoms with Crippen molar-refractivity contribution in [2.75, 3.05) is 0 Å². The predicted octanol–water partition coefficient (Wildman–Crippen LogP) is 3.83. The second kappa shape index (κ2) is 5.47. The van der Waals surface area contributed by atoms with E-state index in [1.54, 1.807) is 6.20 Å². The van der Waals surface area contributed by atoms with Crippen molar-refractivity contribution in [3.63, 3.8) is 0 Å². The molecule has 3 nitrogen and oxygen atoms in total. The lowest BCUT2D eigenvalue weighted by atomic mass is 10.1. The molecule has 0 saturated carbocycles. The van der Waals surface area contributed by atoms with Crippen LogP contribution in [0.4, 0.5) is 0 Å². The Morgan fingerprint density at radius 1 is 1.32 bits per heavy atom. The summed E-state index contributed by atoms with van der Waals surface area (Å²) in [5.41, 5.74) is 3.77. The maximum Gasteiger partial charge on any atom is 0.0675 e. The molecule has 0 unspecified atom stereocenters. The first kappa shape index (κ1) is 14.3. The van der Waals surface area contributed by atoms with Gasteiger partial charge in [0.2, 0.25) is 0 Å². The summed E-state index contributed by atoms with van der Waals surface area (Å²) in [7, 11) is 0. The summed E-state index contributed by atoms with van der Waals surface area (Å²) in [6.07, 6.45) is 3.77. The number of aromatic nitrogens is 2. The van der Waals surface area contributed by atoms with Gasteiger partial charge in [0.05, 0.1) is 16.4 Å². The van der Waals surface area contributed by atoms with Gasteiger partial charge in [0.25, 0.3) is 0 Å². The van der Waals surface area contributed by atoms with E-state index in [1.807, 2.05) is 10.9 Å². The lowest BCUT2D eigenvalue weighted by Gasteiger charge is -2.21. The third-order valence-corrected chi connectivity index (χ3v) is 3.29. The zero-order valence-corrected chi connectivity index (χ0v) is 13.5. The summed E-state index contributed by atoms with van der Waals surface area (Å²) in [6.45, 7) is 9.53. The second-order valence-corrected chi connectivity index (χ2v) is 6.74. The van der Waals surface area contributed by atoms with Gasteiger partial charge in [-0.25, -0.2) is 4.68 Å². The van der Waals surface area contributed by atoms with E-state index in [1.165, 1.54) is 11.1 Å². The van der Waals surface area contributed by atoms with Gasteiger partial charge >= 0.3 is 0 Å². The van der Waals surface area contributed by atoms with Crippen molar-refractivity contribution in [1.82, 2.24) is 15.1 Å². The van der Waals surface area contributed by atoms with Crippen LogP contribution in [0.25, 0.3) is 5.69 Å². The first-order valence-corrected chi connectivity index (χ1v) is 7.19. The zero-order chi connectivity index (χ0) is 14.0. The highest BCUT2D eigenvalue weighted by atomic mass is 79.9. The molecule has 0 radical (unpaired) electrons. The van der Waals surface area contributed by atoms with Gasteiger partial charge in [0.15, 0.2) is 0 Å². The van der Waals surface area contributed by atoms with Gasteiger partial charge in [0, 0.05) is 18.3 Å². The van der Waals surface area contributed by atoms with E-state index in [-0.39, 0.29) is 5.54 Å². The largest absolute Gasteiger partial charge is 0.308 e. The smallest absolute Gasteiger partial charge is 0.0675 e. The molecular weight excluding hydrogens is 302 g/mol. The number of nitrogens with zero attached hydrogens (tertiary/aromatic N) is 2. The molecule has 0 fully saturated rings. The minimum Gasteiger partial charge on any atom is -0.308 e. The highest BCUT2D eigenvalue weighted by Crippen LogP contribution is 2.18. The number of hydrogen-bond donors (Lipinski definition) is 1. The fourth-order valence-electron chi connectivity index (χ4n) is 1.88. The van der Waals surface area contributed by atoms with Gasteiger partial charge < -0.3 is 5.32 Å². The Morgan fingerprint density at radius 3 is 2.58 bits per heavy atom. The van der Waals surface area contributed by atoms with Gasteiger partial charge in [-0.3, -0.25) is 0 Å². The maximum atomic E-state index is 4.32. The lowest BCUT2D eigenvalue weighted by molar-refractivity contribution is 0.424. The van der Waals surface area contributed by atoms with Crippen molar-refractivity contribution >= 4 is 15.9 Å². The van der Waals surface area contributed by atoms with E-state index < -0.39 is 0 Å². The van der Waals surface area contributed by atoms with Crippen LogP contribution in [0.15, 0.2) is 35.1 Å². The monoisotopic (exact) mass is 321 g/mol. The standard InChI is InChI=1S/C15H20BrN3/c1-11-7-12(8-17-15(2,3)4)5-6-14(11)19-10-13(16)9-18-19/h5-7,9-10,17H,8H2,1-4H3. The third-order valence-electron chi connectivity index (χ3n) is 2.88. The van der Waals surface area contributed by atoms with Gasteiger partial charge in [-0.05, 0) is 60.8 Å². The highest BCUT2D eigenvalue weighted by Gasteiger charge is 2.09. The summed E-state index contributed by atoms with van der Waals surface area (Å²) in [6, 6.07) is 6.48. The van der Waals surface area contributed by atoms with Crippen molar-refractivity contribution in [2.24, 2.45) is 0 Å². The van der Waals surface area contributed by atoms with Crippen LogP contribution in [-0.2, 0) is 6.54 Å². The first-order valence-electron chi connectivity index (χ1n) is 6.40. The van der Waals surface area contributed by atoms with Gasteiger partial charge in [-0.15, -0.1) is 0 Å². The van der Waals surface area contributed by atoms with Crippen LogP contribution >= 0.6 is 15.9 Å². The molecule has 0 spiro atoms. The Labute approximate surface area is 123 Å². The molecule has 2 rings (SSSR count). The number of hydrogen-bond acceptors (Lipinski definition) is 2. The average molecular weight is 322 g/mol. The Bertz CT molecular complexity index is 567. The van der Waals surface area contributed by atoms with Crippen molar-refractivity contribution < 1.29 is 0 Å². The molecule has 1 aromatic carbocycles. The third kappa shape index (κ3) is 3.91. The van der Waals surface area contributed by atoms with Gasteiger partial charge in [-0.1, -0.05) is 12.1 Å². The molecule has 0 aliphatic carbocycles. The van der Waals surface area contributed by atoms with E-state index in [9.17, 15) is 0 Å². The molecule has 0 aliphatic rings. The van der Waals surface area contributed by atoms with Crippen molar-refractivity contribution in [3.05, 3.63) is 46.2 Å². The van der Waals surface area contributed by atoms with E-state index in [2.05, 4.69) is 72.2 Å². The number of aryl methyl sites for hydroxylation is 1. The summed E-state index contributed by atoms with van der Waals surface area (Å²) in [4.78, 5) is 0. The molecule has 0 bridgehead atoms. The number of rotatable bonds is 3. The molecule has 102 valence electrons. The number of nitrogens with one attached hydrogen (secondary N) is 1. The van der Waals surface area contributed by atoms with E-state index in [0.29, 0.717) is 0 Å². The number of halogens is 1. The van der Waals surface area contributed by atoms with Gasteiger partial charge in [0.1, 0.15) is 0 Å². The molecule has 2 aromatic rings. The van der Waals surface area contributed by atoms with Crippen molar-refractivity contribution in [3.8, 4) is 5.69 Å². The Kier molecular flexibility index (Phi) is 4.11. The molecule has 19 heavy (non-hydrogen) atoms. The predicted molar refractivity (Wildman–Crippen MR) is 82.6 cm³/mol. The lowest BCUT2D eigenvalue weighted by Crippen LogP contribution is -2.35. The fraction of sp³-hybridized carbons (Fsp3) is 0.400. The summed E-state index contributed by atoms with van der Waals surface area (Å²) in [5.74, 6) is 0. The van der Waals surface area contributed by atoms with E-state index in [4.69, 9.17) is 0 Å². The molecule has 4 heteroatoms. The summed E-state index contributed by atoms with van der Waals surface area (Å²) < 4.78 is 2.88. The minimum atomic E-state index is 0.138. The average Bonchev–Trinajstić information content (AvgIpc) is 2.72. The van der Waals surface area contributed by atoms with Crippen LogP contribution in [0.1, 0.15) is 31.9 Å². The maximum absolute atomic E-state index is 4.32. The normalized spacial score (nSPS) is 11.8. The fourth-order valence-corrected chi connectivity index (χ4v) is 2.17. The Balaban J connectivity index is 2.18. The van der Waals surface area contributed by atoms with Crippen LogP contribution < -0.4 is 5.32 Å². The van der Waals surface area contributed by atoms with E-state index >= 15 is 0 Å². The molecule has 1 aromatic heterocycles. The molecule has 0 saturated heterocycles. The van der Waals surface area contributed by atoms with Crippen LogP contribution in [-0.4, -0.2) is 15.3 Å². The molecule has 1 N–H and O–H groups in total. The molecular formula is C15H20BrN3. The van der Waals surface area contributed by atoms with E-state index in [0.717, 1.165) is 16.7 Å². The van der Waals surface area contributed by atoms with Crippen LogP contribution in [0.3, 0.4) is 0 Å². The Hall–Kier alpha value is -1.13. The first-order chi connectivity index (χ1) is 8.85. The SMILES string of the molecule is Cc1cc(CNC(C)(C)C)ccc1-n1cc(Br)cn1. The topological polar surface area (TPSA) is 29.9 Å². The Morgan fingerprint density at radius 2 is 2.05 bits per heavy atom. The molecule has 0 amide bonds. The summed E-state index contributed by atoms with van der Waals surface area (Å²) in [5, 5.41) is 7.81. The minimum absolute atomic E-state index is 0.138. The second-order valence-electron chi connectivity index (χ2n) is 5.83. The van der Waals surface area contributed by atoms with Crippen molar-refractivity contribution in [1.29, 1.82) is 0 Å². The summed E-state index contributed by atoms with van der Waals surface area (Å²) >= 11 is 3.42. The van der Waals surface area contributed by atoms with Gasteiger partial charge in [-0.2, -0.15) is 5.10 Å². The molecule has 0 aliphatic heterocycles. The highest BCUT2D eigenvalue weighted by molar-refractivity contribution is 9.10. The number of benzene rings is 1. The van der Waals surface area contributed by atoms with Crippen LogP contribution in [0.5, 0.6) is 0 Å². The van der Waals surface area contributed by atoms with Crippen molar-refractivity contribution in [2.45, 2.75) is 39.8 Å². The molecule has 0 atom stereocenters. The molecule has 1 heterocycles.